The van der Waals surface area contributed by atoms with E-state index in [1.165, 1.54) is 23.3 Å². The number of nitrogens with two attached hydrogens (primary N) is 1. The Kier molecular flexibility index (Phi) is 3.09. The molecule has 96 valence electrons. The Labute approximate surface area is 116 Å². The molecule has 0 amide bonds. The van der Waals surface area contributed by atoms with E-state index in [1.807, 2.05) is 6.92 Å². The van der Waals surface area contributed by atoms with Crippen LogP contribution in [0.3, 0.4) is 0 Å². The molecule has 0 fully saturated rings. The Morgan fingerprint density at radius 2 is 2.16 bits per heavy atom. The molecule has 0 radical (unpaired) electrons. The minimum Gasteiger partial charge on any atom is -0.368 e. The van der Waals surface area contributed by atoms with Crippen molar-refractivity contribution in [1.82, 2.24) is 33.9 Å². The van der Waals surface area contributed by atoms with Gasteiger partial charge in [-0.05, 0) is 30.2 Å². The van der Waals surface area contributed by atoms with Crippen LogP contribution in [0.2, 0.25) is 0 Å². The van der Waals surface area contributed by atoms with Crippen molar-refractivity contribution in [2.24, 2.45) is 0 Å². The van der Waals surface area contributed by atoms with Crippen molar-refractivity contribution in [2.45, 2.75) is 16.4 Å². The number of aryl methyl sites for hydroxylation is 1. The minimum atomic E-state index is 0.155. The van der Waals surface area contributed by atoms with E-state index in [-0.39, 0.29) is 5.95 Å². The van der Waals surface area contributed by atoms with Crippen molar-refractivity contribution in [1.29, 1.82) is 0 Å². The smallest absolute Gasteiger partial charge is 0.240 e. The third-order valence-electron chi connectivity index (χ3n) is 2.04. The lowest BCUT2D eigenvalue weighted by atomic mass is 10.8. The van der Waals surface area contributed by atoms with Crippen LogP contribution >= 0.6 is 23.3 Å². The fourth-order valence-corrected chi connectivity index (χ4v) is 2.81. The van der Waals surface area contributed by atoms with Crippen LogP contribution in [0.5, 0.6) is 0 Å². The Morgan fingerprint density at radius 1 is 1.26 bits per heavy atom. The number of imidazole rings is 1. The van der Waals surface area contributed by atoms with Crippen LogP contribution in [-0.4, -0.2) is 33.9 Å². The van der Waals surface area contributed by atoms with Gasteiger partial charge in [0.1, 0.15) is 12.2 Å². The van der Waals surface area contributed by atoms with Crippen molar-refractivity contribution in [3.05, 3.63) is 24.5 Å². The summed E-state index contributed by atoms with van der Waals surface area (Å²) in [5.74, 6) is 1.31. The zero-order valence-corrected chi connectivity index (χ0v) is 11.4. The summed E-state index contributed by atoms with van der Waals surface area (Å²) < 4.78 is 6.52. The quantitative estimate of drug-likeness (QED) is 0.760. The van der Waals surface area contributed by atoms with Gasteiger partial charge in [0, 0.05) is 12.4 Å². The van der Waals surface area contributed by atoms with Crippen molar-refractivity contribution < 1.29 is 0 Å². The van der Waals surface area contributed by atoms with Gasteiger partial charge in [-0.1, -0.05) is 0 Å². The van der Waals surface area contributed by atoms with Gasteiger partial charge in [-0.15, -0.1) is 0 Å². The molecule has 10 heteroatoms. The van der Waals surface area contributed by atoms with Crippen LogP contribution in [0, 0.1) is 6.92 Å². The molecule has 0 unspecified atom stereocenters. The lowest BCUT2D eigenvalue weighted by molar-refractivity contribution is 0.832. The van der Waals surface area contributed by atoms with Gasteiger partial charge in [0.15, 0.2) is 4.34 Å². The summed E-state index contributed by atoms with van der Waals surface area (Å²) in [7, 11) is 0. The summed E-state index contributed by atoms with van der Waals surface area (Å²) in [5, 5.41) is 0.479. The van der Waals surface area contributed by atoms with Crippen LogP contribution in [0.4, 0.5) is 5.95 Å². The van der Waals surface area contributed by atoms with Crippen molar-refractivity contribution >= 4 is 29.2 Å². The first-order valence-electron chi connectivity index (χ1n) is 5.19. The molecule has 2 N–H and O–H groups in total. The zero-order valence-electron chi connectivity index (χ0n) is 9.76. The minimum absolute atomic E-state index is 0.155. The maximum absolute atomic E-state index is 5.68. The van der Waals surface area contributed by atoms with E-state index in [1.54, 1.807) is 23.3 Å². The van der Waals surface area contributed by atoms with E-state index in [0.29, 0.717) is 11.1 Å². The summed E-state index contributed by atoms with van der Waals surface area (Å²) in [6, 6.07) is 0. The first kappa shape index (κ1) is 12.0. The molecule has 0 aliphatic heterocycles. The van der Waals surface area contributed by atoms with E-state index in [9.17, 15) is 0 Å². The molecular formula is C9H8N8S2. The number of hydrogen-bond acceptors (Lipinski definition) is 9. The molecule has 19 heavy (non-hydrogen) atoms. The van der Waals surface area contributed by atoms with Crippen LogP contribution in [0.15, 0.2) is 28.2 Å². The molecule has 0 bridgehead atoms. The van der Waals surface area contributed by atoms with Crippen LogP contribution in [-0.2, 0) is 0 Å². The monoisotopic (exact) mass is 292 g/mol. The summed E-state index contributed by atoms with van der Waals surface area (Å²) in [6.07, 6.45) is 4.97. The normalized spacial score (nSPS) is 10.8. The summed E-state index contributed by atoms with van der Waals surface area (Å²) >= 11 is 2.60. The standard InChI is InChI=1S/C9H8N8S2/c1-5-12-9(19-16-5)18-8-14-6(10)13-7(15-8)17-3-2-11-4-17/h2-4H,1H3,(H2,10,13,14,15). The summed E-state index contributed by atoms with van der Waals surface area (Å²) in [4.78, 5) is 20.6. The molecule has 0 aromatic carbocycles. The van der Waals surface area contributed by atoms with Gasteiger partial charge >= 0.3 is 0 Å². The van der Waals surface area contributed by atoms with E-state index in [0.717, 1.165) is 10.2 Å². The molecule has 0 aliphatic carbocycles. The SMILES string of the molecule is Cc1nsc(Sc2nc(N)nc(-n3ccnc3)n2)n1. The highest BCUT2D eigenvalue weighted by Gasteiger charge is 2.10. The topological polar surface area (TPSA) is 108 Å². The predicted octanol–water partition coefficient (Wildman–Crippen LogP) is 0.951. The number of anilines is 1. The van der Waals surface area contributed by atoms with Gasteiger partial charge in [-0.25, -0.2) is 9.97 Å². The van der Waals surface area contributed by atoms with Crippen molar-refractivity contribution in [3.8, 4) is 5.95 Å². The zero-order chi connectivity index (χ0) is 13.2. The Morgan fingerprint density at radius 3 is 2.84 bits per heavy atom. The average Bonchev–Trinajstić information content (AvgIpc) is 3.00. The van der Waals surface area contributed by atoms with Crippen LogP contribution < -0.4 is 5.73 Å². The maximum Gasteiger partial charge on any atom is 0.240 e. The fraction of sp³-hybridized carbons (Fsp3) is 0.111. The second-order valence-corrected chi connectivity index (χ2v) is 5.42. The molecule has 3 rings (SSSR count). The molecule has 0 spiro atoms. The van der Waals surface area contributed by atoms with Crippen LogP contribution in [0.25, 0.3) is 5.95 Å². The maximum atomic E-state index is 5.68. The van der Waals surface area contributed by atoms with Crippen molar-refractivity contribution in [3.63, 3.8) is 0 Å². The molecule has 3 heterocycles. The highest BCUT2D eigenvalue weighted by atomic mass is 32.2. The summed E-state index contributed by atoms with van der Waals surface area (Å²) in [6.45, 7) is 1.83. The molecular weight excluding hydrogens is 284 g/mol. The lowest BCUT2D eigenvalue weighted by Gasteiger charge is -2.02. The Hall–Kier alpha value is -2.07. The van der Waals surface area contributed by atoms with Gasteiger partial charge in [0.2, 0.25) is 17.1 Å². The Bertz CT molecular complexity index is 692. The molecule has 0 saturated heterocycles. The van der Waals surface area contributed by atoms with Gasteiger partial charge in [0.25, 0.3) is 0 Å². The third kappa shape index (κ3) is 2.69. The van der Waals surface area contributed by atoms with Crippen molar-refractivity contribution in [2.75, 3.05) is 5.73 Å². The number of nitrogens with zero attached hydrogens (tertiary/aromatic N) is 7. The summed E-state index contributed by atoms with van der Waals surface area (Å²) in [5.41, 5.74) is 5.68. The van der Waals surface area contributed by atoms with E-state index >= 15 is 0 Å². The lowest BCUT2D eigenvalue weighted by Crippen LogP contribution is -2.05. The second-order valence-electron chi connectivity index (χ2n) is 3.46. The highest BCUT2D eigenvalue weighted by molar-refractivity contribution is 8.00. The van der Waals surface area contributed by atoms with Gasteiger partial charge in [0.05, 0.1) is 0 Å². The highest BCUT2D eigenvalue weighted by Crippen LogP contribution is 2.26. The molecule has 3 aromatic rings. The van der Waals surface area contributed by atoms with E-state index in [4.69, 9.17) is 5.73 Å². The number of rotatable bonds is 3. The van der Waals surface area contributed by atoms with E-state index < -0.39 is 0 Å². The third-order valence-corrected chi connectivity index (χ3v) is 3.75. The van der Waals surface area contributed by atoms with Crippen LogP contribution in [0.1, 0.15) is 5.82 Å². The van der Waals surface area contributed by atoms with E-state index in [2.05, 4.69) is 29.3 Å². The molecule has 0 atom stereocenters. The molecule has 0 aliphatic rings. The molecule has 3 aromatic heterocycles. The number of aromatic nitrogens is 7. The average molecular weight is 292 g/mol. The first-order valence-corrected chi connectivity index (χ1v) is 6.78. The number of hydrogen-bond donors (Lipinski definition) is 1. The van der Waals surface area contributed by atoms with Gasteiger partial charge in [-0.2, -0.15) is 19.3 Å². The molecule has 8 nitrogen and oxygen atoms in total. The predicted molar refractivity (Wildman–Crippen MR) is 70.1 cm³/mol. The first-order chi connectivity index (χ1) is 9.20. The van der Waals surface area contributed by atoms with Gasteiger partial charge in [-0.3, -0.25) is 4.57 Å². The Balaban J connectivity index is 1.94. The fourth-order valence-electron chi connectivity index (χ4n) is 1.30. The largest absolute Gasteiger partial charge is 0.368 e. The number of nitrogen functional groups attached to an aromatic ring is 1. The second kappa shape index (κ2) is 4.90. The van der Waals surface area contributed by atoms with Gasteiger partial charge < -0.3 is 5.73 Å². The molecule has 0 saturated carbocycles.